The average molecular weight is 525 g/mol. The number of amides is 2. The summed E-state index contributed by atoms with van der Waals surface area (Å²) in [5, 5.41) is 2.80. The zero-order chi connectivity index (χ0) is 28.0. The number of alkyl carbamates (subject to hydrolysis) is 1. The van der Waals surface area contributed by atoms with E-state index in [-0.39, 0.29) is 30.4 Å². The molecule has 5 atom stereocenters. The van der Waals surface area contributed by atoms with Crippen LogP contribution in [0.5, 0.6) is 0 Å². The molecule has 0 radical (unpaired) electrons. The summed E-state index contributed by atoms with van der Waals surface area (Å²) in [6, 6.07) is 16.6. The highest BCUT2D eigenvalue weighted by Gasteiger charge is 2.45. The number of methoxy groups -OCH3 is 2. The minimum Gasteiger partial charge on any atom is -0.467 e. The van der Waals surface area contributed by atoms with Crippen LogP contribution in [0.2, 0.25) is 0 Å². The quantitative estimate of drug-likeness (QED) is 0.500. The van der Waals surface area contributed by atoms with Gasteiger partial charge in [0.05, 0.1) is 13.2 Å². The van der Waals surface area contributed by atoms with E-state index in [0.717, 1.165) is 16.7 Å². The Bertz CT molecular complexity index is 1100. The second kappa shape index (κ2) is 12.4. The normalized spacial score (nSPS) is 19.8. The third kappa shape index (κ3) is 7.13. The molecular formula is C30H40N2O6. The lowest BCUT2D eigenvalue weighted by Gasteiger charge is -2.34. The fourth-order valence-electron chi connectivity index (χ4n) is 4.80. The number of rotatable bonds is 8. The van der Waals surface area contributed by atoms with Gasteiger partial charge in [0.1, 0.15) is 17.7 Å². The summed E-state index contributed by atoms with van der Waals surface area (Å²) in [4.78, 5) is 40.7. The predicted octanol–water partition coefficient (Wildman–Crippen LogP) is 4.78. The SMILES string of the molecule is COC(=O)C1CC(OC)CN1C(=O)[C@@H](NC(=O)OC(C)(C)C)C(C)[C@@H](C)c1ccc(-c2ccccc2)cc1. The van der Waals surface area contributed by atoms with Crippen LogP contribution in [-0.2, 0) is 23.8 Å². The van der Waals surface area contributed by atoms with Crippen LogP contribution in [0, 0.1) is 5.92 Å². The van der Waals surface area contributed by atoms with Gasteiger partial charge in [-0.15, -0.1) is 0 Å². The number of nitrogens with zero attached hydrogens (tertiary/aromatic N) is 1. The van der Waals surface area contributed by atoms with Gasteiger partial charge in [-0.25, -0.2) is 9.59 Å². The fourth-order valence-corrected chi connectivity index (χ4v) is 4.80. The smallest absolute Gasteiger partial charge is 0.408 e. The second-order valence-electron chi connectivity index (χ2n) is 10.9. The van der Waals surface area contributed by atoms with Gasteiger partial charge in [-0.3, -0.25) is 4.79 Å². The van der Waals surface area contributed by atoms with E-state index >= 15 is 0 Å². The zero-order valence-corrected chi connectivity index (χ0v) is 23.4. The highest BCUT2D eigenvalue weighted by atomic mass is 16.6. The van der Waals surface area contributed by atoms with Crippen molar-refractivity contribution in [3.05, 3.63) is 60.2 Å². The highest BCUT2D eigenvalue weighted by Crippen LogP contribution is 2.31. The molecule has 3 rings (SSSR count). The lowest BCUT2D eigenvalue weighted by Crippen LogP contribution is -2.55. The second-order valence-corrected chi connectivity index (χ2v) is 10.9. The highest BCUT2D eigenvalue weighted by molar-refractivity contribution is 5.90. The van der Waals surface area contributed by atoms with Crippen LogP contribution in [0.4, 0.5) is 4.79 Å². The average Bonchev–Trinajstić information content (AvgIpc) is 3.34. The van der Waals surface area contributed by atoms with Crippen molar-refractivity contribution in [2.45, 2.75) is 70.7 Å². The molecule has 0 bridgehead atoms. The Hall–Kier alpha value is -3.39. The van der Waals surface area contributed by atoms with E-state index in [1.165, 1.54) is 12.0 Å². The summed E-state index contributed by atoms with van der Waals surface area (Å²) in [5.74, 6) is -1.30. The van der Waals surface area contributed by atoms with Crippen molar-refractivity contribution < 1.29 is 28.6 Å². The van der Waals surface area contributed by atoms with Gasteiger partial charge in [0.15, 0.2) is 0 Å². The number of esters is 1. The van der Waals surface area contributed by atoms with Gasteiger partial charge in [0.2, 0.25) is 5.91 Å². The first-order valence-electron chi connectivity index (χ1n) is 13.0. The predicted molar refractivity (Wildman–Crippen MR) is 146 cm³/mol. The molecule has 2 aromatic rings. The number of hydrogen-bond donors (Lipinski definition) is 1. The third-order valence-electron chi connectivity index (χ3n) is 7.15. The fraction of sp³-hybridized carbons (Fsp3) is 0.500. The number of carbonyl (C=O) groups is 3. The molecule has 0 spiro atoms. The molecule has 1 fully saturated rings. The summed E-state index contributed by atoms with van der Waals surface area (Å²) in [6.45, 7) is 9.47. The van der Waals surface area contributed by atoms with Crippen molar-refractivity contribution in [3.63, 3.8) is 0 Å². The van der Waals surface area contributed by atoms with Crippen molar-refractivity contribution >= 4 is 18.0 Å². The molecule has 0 aliphatic carbocycles. The van der Waals surface area contributed by atoms with Crippen LogP contribution >= 0.6 is 0 Å². The molecule has 2 amide bonds. The molecule has 1 N–H and O–H groups in total. The van der Waals surface area contributed by atoms with Gasteiger partial charge >= 0.3 is 12.1 Å². The number of benzene rings is 2. The Labute approximate surface area is 225 Å². The van der Waals surface area contributed by atoms with E-state index in [2.05, 4.69) is 29.6 Å². The van der Waals surface area contributed by atoms with Crippen LogP contribution in [0.1, 0.15) is 52.5 Å². The minimum atomic E-state index is -0.934. The molecule has 0 saturated carbocycles. The van der Waals surface area contributed by atoms with Gasteiger partial charge in [-0.1, -0.05) is 68.4 Å². The van der Waals surface area contributed by atoms with E-state index in [1.54, 1.807) is 27.9 Å². The molecule has 3 unspecified atom stereocenters. The van der Waals surface area contributed by atoms with Crippen LogP contribution < -0.4 is 5.32 Å². The molecule has 1 heterocycles. The minimum absolute atomic E-state index is 0.0962. The number of ether oxygens (including phenoxy) is 3. The van der Waals surface area contributed by atoms with Gasteiger partial charge in [0, 0.05) is 20.1 Å². The first-order chi connectivity index (χ1) is 17.9. The summed E-state index contributed by atoms with van der Waals surface area (Å²) in [7, 11) is 2.85. The van der Waals surface area contributed by atoms with Gasteiger partial charge < -0.3 is 24.4 Å². The zero-order valence-electron chi connectivity index (χ0n) is 23.4. The number of carbonyl (C=O) groups excluding carboxylic acids is 3. The summed E-state index contributed by atoms with van der Waals surface area (Å²) in [6.07, 6.45) is -0.659. The lowest BCUT2D eigenvalue weighted by atomic mass is 9.82. The maximum Gasteiger partial charge on any atom is 0.408 e. The Morgan fingerprint density at radius 3 is 2.11 bits per heavy atom. The summed E-state index contributed by atoms with van der Waals surface area (Å²) >= 11 is 0. The van der Waals surface area contributed by atoms with E-state index in [4.69, 9.17) is 14.2 Å². The van der Waals surface area contributed by atoms with Gasteiger partial charge in [-0.05, 0) is 49.3 Å². The molecule has 38 heavy (non-hydrogen) atoms. The van der Waals surface area contributed by atoms with Crippen LogP contribution in [-0.4, -0.2) is 67.4 Å². The Kier molecular flexibility index (Phi) is 9.55. The molecule has 0 aromatic heterocycles. The Balaban J connectivity index is 1.88. The van der Waals surface area contributed by atoms with E-state index in [9.17, 15) is 14.4 Å². The summed E-state index contributed by atoms with van der Waals surface area (Å²) in [5.41, 5.74) is 2.51. The Morgan fingerprint density at radius 2 is 1.55 bits per heavy atom. The van der Waals surface area contributed by atoms with Crippen molar-refractivity contribution in [2.75, 3.05) is 20.8 Å². The first kappa shape index (κ1) is 29.2. The maximum atomic E-state index is 13.9. The number of hydrogen-bond acceptors (Lipinski definition) is 6. The molecule has 206 valence electrons. The van der Waals surface area contributed by atoms with Crippen molar-refractivity contribution in [1.29, 1.82) is 0 Å². The van der Waals surface area contributed by atoms with Crippen LogP contribution in [0.3, 0.4) is 0 Å². The summed E-state index contributed by atoms with van der Waals surface area (Å²) < 4.78 is 15.9. The molecule has 1 aliphatic heterocycles. The third-order valence-corrected chi connectivity index (χ3v) is 7.15. The first-order valence-corrected chi connectivity index (χ1v) is 13.0. The Morgan fingerprint density at radius 1 is 0.947 bits per heavy atom. The topological polar surface area (TPSA) is 94.2 Å². The molecule has 8 nitrogen and oxygen atoms in total. The number of likely N-dealkylation sites (tertiary alicyclic amines) is 1. The van der Waals surface area contributed by atoms with E-state index in [0.29, 0.717) is 6.42 Å². The molecule has 2 aromatic carbocycles. The largest absolute Gasteiger partial charge is 0.467 e. The monoisotopic (exact) mass is 524 g/mol. The van der Waals surface area contributed by atoms with Crippen LogP contribution in [0.15, 0.2) is 54.6 Å². The van der Waals surface area contributed by atoms with Crippen molar-refractivity contribution in [2.24, 2.45) is 5.92 Å². The van der Waals surface area contributed by atoms with E-state index < -0.39 is 29.7 Å². The number of nitrogens with one attached hydrogen (secondary N) is 1. The maximum absolute atomic E-state index is 13.9. The van der Waals surface area contributed by atoms with Crippen molar-refractivity contribution in [3.8, 4) is 11.1 Å². The standard InChI is InChI=1S/C30H40N2O6/c1-19(21-13-15-23(16-14-21)22-11-9-8-10-12-22)20(2)26(31-29(35)38-30(3,4)5)27(33)32-18-24(36-6)17-25(32)28(34)37-7/h8-16,19-20,24-26H,17-18H2,1-7H3,(H,31,35)/t19-,20?,24?,25?,26+/m1/s1. The molecule has 1 saturated heterocycles. The van der Waals surface area contributed by atoms with E-state index in [1.807, 2.05) is 44.2 Å². The molecule has 1 aliphatic rings. The van der Waals surface area contributed by atoms with Gasteiger partial charge in [0.25, 0.3) is 0 Å². The van der Waals surface area contributed by atoms with Crippen molar-refractivity contribution in [1.82, 2.24) is 10.2 Å². The lowest BCUT2D eigenvalue weighted by molar-refractivity contribution is -0.152. The molecular weight excluding hydrogens is 484 g/mol. The molecule has 8 heteroatoms. The van der Waals surface area contributed by atoms with Gasteiger partial charge in [-0.2, -0.15) is 0 Å². The van der Waals surface area contributed by atoms with Crippen LogP contribution in [0.25, 0.3) is 11.1 Å².